The quantitative estimate of drug-likeness (QED) is 0.709. The number of rotatable bonds is 1. The number of aliphatic hydroxyl groups excluding tert-OH is 1. The highest BCUT2D eigenvalue weighted by molar-refractivity contribution is 5.69. The van der Waals surface area contributed by atoms with E-state index in [1.54, 1.807) is 0 Å². The summed E-state index contributed by atoms with van der Waals surface area (Å²) in [7, 11) is 0. The molecule has 0 amide bonds. The highest BCUT2D eigenvalue weighted by Crippen LogP contribution is 2.28. The van der Waals surface area contributed by atoms with Crippen LogP contribution < -0.4 is 0 Å². The first-order valence-corrected chi connectivity index (χ1v) is 4.92. The Morgan fingerprint density at radius 1 is 1.07 bits per heavy atom. The van der Waals surface area contributed by atoms with Crippen LogP contribution in [0.3, 0.4) is 0 Å². The molecule has 0 atom stereocenters. The third-order valence-corrected chi connectivity index (χ3v) is 2.62. The molecule has 0 saturated carbocycles. The largest absolute Gasteiger partial charge is 0.512 e. The lowest BCUT2D eigenvalue weighted by atomic mass is 9.93. The molecule has 0 unspecified atom stereocenters. The first kappa shape index (κ1) is 9.07. The second kappa shape index (κ2) is 3.70. The van der Waals surface area contributed by atoms with Crippen LogP contribution in [-0.2, 0) is 0 Å². The summed E-state index contributed by atoms with van der Waals surface area (Å²) in [5.41, 5.74) is 3.58. The van der Waals surface area contributed by atoms with Gasteiger partial charge in [0.1, 0.15) is 0 Å². The summed E-state index contributed by atoms with van der Waals surface area (Å²) >= 11 is 0. The molecule has 14 heavy (non-hydrogen) atoms. The van der Waals surface area contributed by atoms with E-state index < -0.39 is 0 Å². The Morgan fingerprint density at radius 3 is 2.43 bits per heavy atom. The van der Waals surface area contributed by atoms with Gasteiger partial charge in [0.15, 0.2) is 0 Å². The molecule has 0 heterocycles. The molecule has 1 aliphatic carbocycles. The lowest BCUT2D eigenvalue weighted by molar-refractivity contribution is 0.383. The van der Waals surface area contributed by atoms with Crippen LogP contribution in [0.1, 0.15) is 25.3 Å². The normalized spacial score (nSPS) is 16.8. The molecule has 1 N–H and O–H groups in total. The van der Waals surface area contributed by atoms with Crippen LogP contribution >= 0.6 is 0 Å². The molecule has 0 fully saturated rings. The lowest BCUT2D eigenvalue weighted by Gasteiger charge is -2.14. The maximum atomic E-state index is 9.48. The van der Waals surface area contributed by atoms with Gasteiger partial charge in [-0.2, -0.15) is 0 Å². The van der Waals surface area contributed by atoms with Crippen LogP contribution in [-0.4, -0.2) is 5.11 Å². The Bertz CT molecular complexity index is 385. The summed E-state index contributed by atoms with van der Waals surface area (Å²) in [6.07, 6.45) is 3.79. The van der Waals surface area contributed by atoms with Gasteiger partial charge in [0.25, 0.3) is 0 Å². The van der Waals surface area contributed by atoms with E-state index in [2.05, 4.69) is 18.2 Å². The van der Waals surface area contributed by atoms with E-state index in [9.17, 15) is 5.11 Å². The van der Waals surface area contributed by atoms with Crippen LogP contribution in [0.4, 0.5) is 0 Å². The minimum absolute atomic E-state index is 0.532. The molecule has 0 radical (unpaired) electrons. The Morgan fingerprint density at radius 2 is 1.79 bits per heavy atom. The van der Waals surface area contributed by atoms with E-state index in [4.69, 9.17) is 0 Å². The maximum Gasteiger partial charge on any atom is 0.0955 e. The summed E-state index contributed by atoms with van der Waals surface area (Å²) in [6, 6.07) is 10.3. The SMILES string of the molecule is CC1=C(O)CCC(c2ccccc2)=C1. The van der Waals surface area contributed by atoms with E-state index in [0.29, 0.717) is 5.76 Å². The number of hydrogen-bond acceptors (Lipinski definition) is 1. The molecule has 72 valence electrons. The fourth-order valence-electron chi connectivity index (χ4n) is 1.75. The summed E-state index contributed by atoms with van der Waals surface area (Å²) in [4.78, 5) is 0. The van der Waals surface area contributed by atoms with Crippen molar-refractivity contribution in [1.29, 1.82) is 0 Å². The van der Waals surface area contributed by atoms with Crippen molar-refractivity contribution in [3.8, 4) is 0 Å². The number of aliphatic hydroxyl groups is 1. The standard InChI is InChI=1S/C13H14O/c1-10-9-12(7-8-13(10)14)11-5-3-2-4-6-11/h2-6,9,14H,7-8H2,1H3. The van der Waals surface area contributed by atoms with Gasteiger partial charge in [-0.25, -0.2) is 0 Å². The summed E-state index contributed by atoms with van der Waals surface area (Å²) in [6.45, 7) is 1.96. The fourth-order valence-corrected chi connectivity index (χ4v) is 1.75. The Hall–Kier alpha value is -1.50. The van der Waals surface area contributed by atoms with Gasteiger partial charge in [0.05, 0.1) is 5.76 Å². The molecular weight excluding hydrogens is 172 g/mol. The van der Waals surface area contributed by atoms with Crippen molar-refractivity contribution in [3.63, 3.8) is 0 Å². The molecular formula is C13H14O. The van der Waals surface area contributed by atoms with Gasteiger partial charge in [-0.3, -0.25) is 0 Å². The van der Waals surface area contributed by atoms with Crippen LogP contribution in [0.5, 0.6) is 0 Å². The van der Waals surface area contributed by atoms with Crippen LogP contribution in [0.25, 0.3) is 5.57 Å². The number of hydrogen-bond donors (Lipinski definition) is 1. The van der Waals surface area contributed by atoms with Crippen LogP contribution in [0.2, 0.25) is 0 Å². The minimum Gasteiger partial charge on any atom is -0.512 e. The molecule has 2 rings (SSSR count). The average molecular weight is 186 g/mol. The lowest BCUT2D eigenvalue weighted by Crippen LogP contribution is -1.96. The van der Waals surface area contributed by atoms with E-state index in [1.807, 2.05) is 25.1 Å². The Balaban J connectivity index is 2.34. The molecule has 1 aliphatic rings. The Labute approximate surface area is 84.4 Å². The fraction of sp³-hybridized carbons (Fsp3) is 0.231. The predicted octanol–water partition coefficient (Wildman–Crippen LogP) is 3.70. The van der Waals surface area contributed by atoms with Crippen molar-refractivity contribution in [2.75, 3.05) is 0 Å². The second-order valence-corrected chi connectivity index (χ2v) is 3.67. The van der Waals surface area contributed by atoms with Gasteiger partial charge in [-0.15, -0.1) is 0 Å². The van der Waals surface area contributed by atoms with Crippen molar-refractivity contribution >= 4 is 5.57 Å². The van der Waals surface area contributed by atoms with E-state index in [-0.39, 0.29) is 0 Å². The van der Waals surface area contributed by atoms with Gasteiger partial charge >= 0.3 is 0 Å². The van der Waals surface area contributed by atoms with Gasteiger partial charge in [0, 0.05) is 6.42 Å². The molecule has 0 aliphatic heterocycles. The van der Waals surface area contributed by atoms with E-state index >= 15 is 0 Å². The molecule has 1 aromatic carbocycles. The molecule has 0 aromatic heterocycles. The third kappa shape index (κ3) is 1.72. The molecule has 0 bridgehead atoms. The van der Waals surface area contributed by atoms with Crippen LogP contribution in [0, 0.1) is 0 Å². The average Bonchev–Trinajstić information content (AvgIpc) is 2.23. The van der Waals surface area contributed by atoms with Crippen molar-refractivity contribution in [3.05, 3.63) is 53.3 Å². The van der Waals surface area contributed by atoms with Crippen molar-refractivity contribution < 1.29 is 5.11 Å². The first-order chi connectivity index (χ1) is 6.77. The number of allylic oxidation sites excluding steroid dienone is 4. The molecule has 1 aromatic rings. The summed E-state index contributed by atoms with van der Waals surface area (Å²) < 4.78 is 0. The second-order valence-electron chi connectivity index (χ2n) is 3.67. The third-order valence-electron chi connectivity index (χ3n) is 2.62. The number of benzene rings is 1. The van der Waals surface area contributed by atoms with Gasteiger partial charge < -0.3 is 5.11 Å². The molecule has 0 spiro atoms. The zero-order valence-electron chi connectivity index (χ0n) is 8.33. The van der Waals surface area contributed by atoms with Gasteiger partial charge in [-0.05, 0) is 30.1 Å². The van der Waals surface area contributed by atoms with Crippen molar-refractivity contribution in [1.82, 2.24) is 0 Å². The first-order valence-electron chi connectivity index (χ1n) is 4.92. The molecule has 0 saturated heterocycles. The van der Waals surface area contributed by atoms with E-state index in [1.165, 1.54) is 11.1 Å². The van der Waals surface area contributed by atoms with E-state index in [0.717, 1.165) is 18.4 Å². The molecule has 1 heteroatoms. The predicted molar refractivity (Wildman–Crippen MR) is 59.0 cm³/mol. The highest BCUT2D eigenvalue weighted by atomic mass is 16.3. The monoisotopic (exact) mass is 186 g/mol. The maximum absolute atomic E-state index is 9.48. The smallest absolute Gasteiger partial charge is 0.0955 e. The zero-order chi connectivity index (χ0) is 9.97. The Kier molecular flexibility index (Phi) is 2.40. The highest BCUT2D eigenvalue weighted by Gasteiger charge is 2.10. The van der Waals surface area contributed by atoms with Crippen molar-refractivity contribution in [2.24, 2.45) is 0 Å². The molecule has 1 nitrogen and oxygen atoms in total. The van der Waals surface area contributed by atoms with Crippen LogP contribution in [0.15, 0.2) is 47.7 Å². The summed E-state index contributed by atoms with van der Waals surface area (Å²) in [5, 5.41) is 9.48. The van der Waals surface area contributed by atoms with Gasteiger partial charge in [0.2, 0.25) is 0 Å². The van der Waals surface area contributed by atoms with Gasteiger partial charge in [-0.1, -0.05) is 36.4 Å². The summed E-state index contributed by atoms with van der Waals surface area (Å²) in [5.74, 6) is 0.532. The zero-order valence-corrected chi connectivity index (χ0v) is 8.33. The minimum atomic E-state index is 0.532. The topological polar surface area (TPSA) is 20.2 Å². The van der Waals surface area contributed by atoms with Crippen molar-refractivity contribution in [2.45, 2.75) is 19.8 Å².